The number of ether oxygens (including phenoxy) is 1. The van der Waals surface area contributed by atoms with Crippen LogP contribution in [0.1, 0.15) is 16.3 Å². The Morgan fingerprint density at radius 2 is 2.20 bits per heavy atom. The molecule has 0 fully saturated rings. The van der Waals surface area contributed by atoms with Crippen molar-refractivity contribution in [1.82, 2.24) is 9.38 Å². The molecular weight excluding hydrogens is 380 g/mol. The average Bonchev–Trinajstić information content (AvgIpc) is 2.98. The normalized spacial score (nSPS) is 11.0. The molecule has 0 aliphatic rings. The van der Waals surface area contributed by atoms with Crippen LogP contribution in [0.4, 0.5) is 0 Å². The predicted octanol–water partition coefficient (Wildman–Crippen LogP) is 3.69. The van der Waals surface area contributed by atoms with Gasteiger partial charge in [0.25, 0.3) is 5.56 Å². The van der Waals surface area contributed by atoms with Crippen LogP contribution in [0.5, 0.6) is 0 Å². The van der Waals surface area contributed by atoms with Crippen molar-refractivity contribution in [2.45, 2.75) is 19.3 Å². The average molecular weight is 395 g/mol. The topological polar surface area (TPSA) is 60.7 Å². The highest BCUT2D eigenvalue weighted by Gasteiger charge is 2.08. The molecule has 0 saturated carbocycles. The first-order valence-electron chi connectivity index (χ1n) is 7.49. The second-order valence-corrected chi connectivity index (χ2v) is 8.09. The van der Waals surface area contributed by atoms with Crippen molar-refractivity contribution in [3.63, 3.8) is 0 Å². The summed E-state index contributed by atoms with van der Waals surface area (Å²) >= 11 is 8.83. The zero-order valence-electron chi connectivity index (χ0n) is 13.4. The van der Waals surface area contributed by atoms with E-state index in [2.05, 4.69) is 4.98 Å². The number of hydrogen-bond donors (Lipinski definition) is 0. The lowest BCUT2D eigenvalue weighted by Crippen LogP contribution is -2.18. The Hall–Kier alpha value is -1.83. The molecule has 8 heteroatoms. The van der Waals surface area contributed by atoms with E-state index in [0.717, 1.165) is 14.9 Å². The third-order valence-electron chi connectivity index (χ3n) is 3.41. The molecule has 0 atom stereocenters. The molecule has 3 aromatic heterocycles. The maximum Gasteiger partial charge on any atom is 0.316 e. The van der Waals surface area contributed by atoms with Crippen LogP contribution < -0.4 is 5.56 Å². The van der Waals surface area contributed by atoms with Crippen LogP contribution >= 0.6 is 34.7 Å². The van der Waals surface area contributed by atoms with E-state index in [0.29, 0.717) is 17.1 Å². The smallest absolute Gasteiger partial charge is 0.316 e. The molecule has 0 bridgehead atoms. The number of thioether (sulfide) groups is 1. The molecule has 130 valence electrons. The highest BCUT2D eigenvalue weighted by Crippen LogP contribution is 2.25. The van der Waals surface area contributed by atoms with Gasteiger partial charge >= 0.3 is 5.97 Å². The summed E-state index contributed by atoms with van der Waals surface area (Å²) in [6.07, 6.45) is 0. The van der Waals surface area contributed by atoms with Gasteiger partial charge < -0.3 is 4.74 Å². The summed E-state index contributed by atoms with van der Waals surface area (Å²) < 4.78 is 7.47. The molecular formula is C17H15ClN2O3S2. The van der Waals surface area contributed by atoms with E-state index >= 15 is 0 Å². The van der Waals surface area contributed by atoms with Crippen LogP contribution in [0.3, 0.4) is 0 Å². The Morgan fingerprint density at radius 1 is 1.36 bits per heavy atom. The van der Waals surface area contributed by atoms with Gasteiger partial charge in [0.05, 0.1) is 15.8 Å². The fourth-order valence-electron chi connectivity index (χ4n) is 2.30. The molecule has 0 saturated heterocycles. The molecule has 0 radical (unpaired) electrons. The van der Waals surface area contributed by atoms with E-state index in [1.807, 2.05) is 31.2 Å². The number of carbonyl (C=O) groups is 1. The third kappa shape index (κ3) is 4.62. The second-order valence-electron chi connectivity index (χ2n) is 5.31. The second kappa shape index (κ2) is 8.03. The maximum absolute atomic E-state index is 12.2. The van der Waals surface area contributed by atoms with E-state index in [-0.39, 0.29) is 23.9 Å². The summed E-state index contributed by atoms with van der Waals surface area (Å²) in [5, 5.41) is 0. The van der Waals surface area contributed by atoms with Crippen LogP contribution in [0.2, 0.25) is 4.34 Å². The van der Waals surface area contributed by atoms with Crippen LogP contribution in [0.15, 0.2) is 41.2 Å². The van der Waals surface area contributed by atoms with Crippen molar-refractivity contribution >= 4 is 46.3 Å². The van der Waals surface area contributed by atoms with E-state index in [9.17, 15) is 9.59 Å². The largest absolute Gasteiger partial charge is 0.459 e. The molecule has 25 heavy (non-hydrogen) atoms. The Bertz CT molecular complexity index is 968. The zero-order chi connectivity index (χ0) is 17.8. The molecule has 0 amide bonds. The molecule has 0 aliphatic heterocycles. The van der Waals surface area contributed by atoms with Gasteiger partial charge in [-0.1, -0.05) is 17.7 Å². The van der Waals surface area contributed by atoms with Gasteiger partial charge in [-0.15, -0.1) is 23.1 Å². The van der Waals surface area contributed by atoms with Gasteiger partial charge in [0.2, 0.25) is 0 Å². The number of halogens is 1. The number of rotatable bonds is 6. The minimum atomic E-state index is -0.334. The summed E-state index contributed by atoms with van der Waals surface area (Å²) in [4.78, 5) is 29.5. The third-order valence-corrected chi connectivity index (χ3v) is 5.78. The number of fused-ring (bicyclic) bond motifs is 1. The Labute approximate surface area is 157 Å². The molecule has 5 nitrogen and oxygen atoms in total. The van der Waals surface area contributed by atoms with Gasteiger partial charge in [-0.2, -0.15) is 0 Å². The molecule has 0 aromatic carbocycles. The van der Waals surface area contributed by atoms with E-state index in [1.165, 1.54) is 33.6 Å². The number of esters is 1. The molecule has 0 spiro atoms. The molecule has 3 rings (SSSR count). The van der Waals surface area contributed by atoms with E-state index in [1.54, 1.807) is 6.07 Å². The molecule has 3 aromatic rings. The Balaban J connectivity index is 1.55. The first-order chi connectivity index (χ1) is 12.0. The highest BCUT2D eigenvalue weighted by atomic mass is 35.5. The fourth-order valence-corrected chi connectivity index (χ4v) is 4.32. The van der Waals surface area contributed by atoms with Gasteiger partial charge in [0, 0.05) is 22.4 Å². The van der Waals surface area contributed by atoms with Crippen LogP contribution in [0.25, 0.3) is 5.65 Å². The van der Waals surface area contributed by atoms with Gasteiger partial charge in [-0.25, -0.2) is 4.98 Å². The highest BCUT2D eigenvalue weighted by molar-refractivity contribution is 7.99. The van der Waals surface area contributed by atoms with Crippen molar-refractivity contribution in [3.05, 3.63) is 67.4 Å². The van der Waals surface area contributed by atoms with Crippen molar-refractivity contribution in [2.24, 2.45) is 0 Å². The number of hydrogen-bond acceptors (Lipinski definition) is 6. The van der Waals surface area contributed by atoms with Crippen molar-refractivity contribution < 1.29 is 9.53 Å². The first kappa shape index (κ1) is 18.0. The minimum absolute atomic E-state index is 0.0100. The number of carbonyl (C=O) groups excluding carboxylic acids is 1. The summed E-state index contributed by atoms with van der Waals surface area (Å²) in [6.45, 7) is 1.83. The maximum atomic E-state index is 12.2. The summed E-state index contributed by atoms with van der Waals surface area (Å²) in [7, 11) is 0. The van der Waals surface area contributed by atoms with Gasteiger partial charge in [0.1, 0.15) is 12.3 Å². The number of thiophene rings is 1. The van der Waals surface area contributed by atoms with Crippen LogP contribution in [-0.2, 0) is 21.9 Å². The number of aromatic nitrogens is 2. The lowest BCUT2D eigenvalue weighted by Gasteiger charge is -2.07. The minimum Gasteiger partial charge on any atom is -0.459 e. The lowest BCUT2D eigenvalue weighted by molar-refractivity contribution is -0.141. The monoisotopic (exact) mass is 394 g/mol. The van der Waals surface area contributed by atoms with Crippen molar-refractivity contribution in [2.75, 3.05) is 5.75 Å². The summed E-state index contributed by atoms with van der Waals surface area (Å²) in [5.41, 5.74) is 1.61. The lowest BCUT2D eigenvalue weighted by atomic mass is 10.3. The Kier molecular flexibility index (Phi) is 5.78. The standard InChI is InChI=1S/C17H15ClN2O3S2/c1-11-3-2-4-15-19-12(7-16(21)20(11)15)8-23-17(22)10-24-9-13-5-6-14(18)25-13/h2-7H,8-10H2,1H3. The fraction of sp³-hybridized carbons (Fsp3) is 0.235. The van der Waals surface area contributed by atoms with Gasteiger partial charge in [0.15, 0.2) is 0 Å². The zero-order valence-corrected chi connectivity index (χ0v) is 15.8. The SMILES string of the molecule is Cc1cccc2nc(COC(=O)CSCc3ccc(Cl)s3)cc(=O)n12. The quantitative estimate of drug-likeness (QED) is 0.596. The molecule has 3 heterocycles. The first-order valence-corrected chi connectivity index (χ1v) is 9.84. The predicted molar refractivity (Wildman–Crippen MR) is 101 cm³/mol. The van der Waals surface area contributed by atoms with Crippen molar-refractivity contribution in [3.8, 4) is 0 Å². The van der Waals surface area contributed by atoms with Gasteiger partial charge in [-0.3, -0.25) is 14.0 Å². The number of pyridine rings is 1. The summed E-state index contributed by atoms with van der Waals surface area (Å²) in [6, 6.07) is 10.6. The molecule has 0 unspecified atom stereocenters. The Morgan fingerprint density at radius 3 is 2.96 bits per heavy atom. The molecule has 0 N–H and O–H groups in total. The van der Waals surface area contributed by atoms with E-state index in [4.69, 9.17) is 16.3 Å². The van der Waals surface area contributed by atoms with Crippen molar-refractivity contribution in [1.29, 1.82) is 0 Å². The number of aryl methyl sites for hydroxylation is 1. The van der Waals surface area contributed by atoms with Gasteiger partial charge in [-0.05, 0) is 31.2 Å². The number of nitrogens with zero attached hydrogens (tertiary/aromatic N) is 2. The van der Waals surface area contributed by atoms with E-state index < -0.39 is 0 Å². The van der Waals surface area contributed by atoms with Crippen LogP contribution in [-0.4, -0.2) is 21.1 Å². The summed E-state index contributed by atoms with van der Waals surface area (Å²) in [5.74, 6) is 0.613. The molecule has 0 aliphatic carbocycles. The van der Waals surface area contributed by atoms with Crippen LogP contribution in [0, 0.1) is 6.92 Å².